The predicted octanol–water partition coefficient (Wildman–Crippen LogP) is -0.799. The molecule has 1 unspecified atom stereocenters. The monoisotopic (exact) mass is 211 g/mol. The number of rotatable bonds is 2. The Morgan fingerprint density at radius 1 is 1.60 bits per heavy atom. The van der Waals surface area contributed by atoms with Crippen LogP contribution in [0.15, 0.2) is 11.8 Å². The van der Waals surface area contributed by atoms with Crippen LogP contribution in [0.2, 0.25) is 0 Å². The van der Waals surface area contributed by atoms with E-state index >= 15 is 0 Å². The molecule has 0 saturated carbocycles. The van der Waals surface area contributed by atoms with Crippen molar-refractivity contribution in [2.24, 2.45) is 0 Å². The normalized spacial score (nSPS) is 25.7. The van der Waals surface area contributed by atoms with Gasteiger partial charge in [-0.25, -0.2) is 4.79 Å². The number of β-lactam (4-membered cyclic amide) rings is 1. The number of methoxy groups -OCH3 is 1. The van der Waals surface area contributed by atoms with Crippen molar-refractivity contribution in [3.05, 3.63) is 11.8 Å². The fourth-order valence-electron chi connectivity index (χ4n) is 1.49. The van der Waals surface area contributed by atoms with E-state index in [2.05, 4.69) is 4.74 Å². The number of carbonyl (C=O) groups is 3. The summed E-state index contributed by atoms with van der Waals surface area (Å²) in [4.78, 5) is 34.4. The van der Waals surface area contributed by atoms with Gasteiger partial charge in [0.1, 0.15) is 5.76 Å². The quantitative estimate of drug-likeness (QED) is 0.259. The van der Waals surface area contributed by atoms with Gasteiger partial charge in [0.15, 0.2) is 6.23 Å². The van der Waals surface area contributed by atoms with Crippen LogP contribution in [0.3, 0.4) is 0 Å². The molecule has 0 bridgehead atoms. The molecule has 0 aromatic rings. The summed E-state index contributed by atoms with van der Waals surface area (Å²) in [5, 5.41) is 0. The standard InChI is InChI=1S/C9H9NO5/c1-14-9(13)6(11)2-5-4-10-7(12)3-8(10)15-5/h2,8H,3-4H2,1H3. The third-order valence-corrected chi connectivity index (χ3v) is 2.31. The van der Waals surface area contributed by atoms with Gasteiger partial charge in [0.2, 0.25) is 5.91 Å². The van der Waals surface area contributed by atoms with E-state index in [9.17, 15) is 14.4 Å². The summed E-state index contributed by atoms with van der Waals surface area (Å²) in [7, 11) is 1.13. The number of amides is 1. The van der Waals surface area contributed by atoms with Crippen molar-refractivity contribution in [3.8, 4) is 0 Å². The van der Waals surface area contributed by atoms with E-state index in [0.29, 0.717) is 12.2 Å². The van der Waals surface area contributed by atoms with Crippen molar-refractivity contribution in [3.63, 3.8) is 0 Å². The van der Waals surface area contributed by atoms with Gasteiger partial charge in [-0.1, -0.05) is 0 Å². The molecule has 0 spiro atoms. The Bertz CT molecular complexity index is 373. The van der Waals surface area contributed by atoms with Gasteiger partial charge in [-0.2, -0.15) is 0 Å². The molecule has 0 aliphatic carbocycles. The average molecular weight is 211 g/mol. The fraction of sp³-hybridized carbons (Fsp3) is 0.444. The van der Waals surface area contributed by atoms with Crippen molar-refractivity contribution in [1.29, 1.82) is 0 Å². The second kappa shape index (κ2) is 3.38. The largest absolute Gasteiger partial charge is 0.472 e. The third-order valence-electron chi connectivity index (χ3n) is 2.31. The lowest BCUT2D eigenvalue weighted by Gasteiger charge is -2.30. The molecule has 1 amide bonds. The summed E-state index contributed by atoms with van der Waals surface area (Å²) in [6, 6.07) is 0. The Morgan fingerprint density at radius 2 is 2.33 bits per heavy atom. The molecule has 0 N–H and O–H groups in total. The van der Waals surface area contributed by atoms with E-state index < -0.39 is 11.8 Å². The number of hydrogen-bond donors (Lipinski definition) is 0. The maximum atomic E-state index is 11.1. The van der Waals surface area contributed by atoms with Crippen LogP contribution in [-0.2, 0) is 23.9 Å². The van der Waals surface area contributed by atoms with Crippen LogP contribution >= 0.6 is 0 Å². The zero-order chi connectivity index (χ0) is 11.0. The van der Waals surface area contributed by atoms with Crippen LogP contribution in [0.5, 0.6) is 0 Å². The summed E-state index contributed by atoms with van der Waals surface area (Å²) in [6.07, 6.45) is 1.15. The van der Waals surface area contributed by atoms with Gasteiger partial charge in [0.05, 0.1) is 20.1 Å². The summed E-state index contributed by atoms with van der Waals surface area (Å²) in [5.41, 5.74) is 0. The molecule has 6 nitrogen and oxygen atoms in total. The van der Waals surface area contributed by atoms with E-state index in [0.717, 1.165) is 13.2 Å². The molecule has 80 valence electrons. The Kier molecular flexibility index (Phi) is 2.18. The van der Waals surface area contributed by atoms with Crippen LogP contribution in [0.1, 0.15) is 6.42 Å². The Hall–Kier alpha value is -1.85. The Labute approximate surface area is 85.4 Å². The number of nitrogens with zero attached hydrogens (tertiary/aromatic N) is 1. The van der Waals surface area contributed by atoms with Crippen LogP contribution < -0.4 is 0 Å². The first kappa shape index (κ1) is 9.70. The van der Waals surface area contributed by atoms with Crippen LogP contribution in [0.25, 0.3) is 0 Å². The summed E-state index contributed by atoms with van der Waals surface area (Å²) < 4.78 is 9.48. The van der Waals surface area contributed by atoms with Gasteiger partial charge >= 0.3 is 5.97 Å². The van der Waals surface area contributed by atoms with Gasteiger partial charge in [0.25, 0.3) is 5.78 Å². The molecular formula is C9H9NO5. The zero-order valence-electron chi connectivity index (χ0n) is 8.06. The highest BCUT2D eigenvalue weighted by molar-refractivity contribution is 6.38. The lowest BCUT2D eigenvalue weighted by Crippen LogP contribution is -2.48. The van der Waals surface area contributed by atoms with E-state index in [1.165, 1.54) is 4.90 Å². The van der Waals surface area contributed by atoms with Crippen molar-refractivity contribution >= 4 is 17.7 Å². The van der Waals surface area contributed by atoms with Gasteiger partial charge < -0.3 is 9.47 Å². The average Bonchev–Trinajstić information content (AvgIpc) is 2.54. The van der Waals surface area contributed by atoms with E-state index in [-0.39, 0.29) is 18.7 Å². The highest BCUT2D eigenvalue weighted by atomic mass is 16.5. The maximum Gasteiger partial charge on any atom is 0.378 e. The topological polar surface area (TPSA) is 72.9 Å². The van der Waals surface area contributed by atoms with Crippen LogP contribution in [0, 0.1) is 0 Å². The molecule has 2 heterocycles. The number of ketones is 1. The van der Waals surface area contributed by atoms with E-state index in [4.69, 9.17) is 4.74 Å². The van der Waals surface area contributed by atoms with Gasteiger partial charge in [0, 0.05) is 6.08 Å². The fourth-order valence-corrected chi connectivity index (χ4v) is 1.49. The highest BCUT2D eigenvalue weighted by Crippen LogP contribution is 2.30. The van der Waals surface area contributed by atoms with Crippen molar-refractivity contribution in [1.82, 2.24) is 4.90 Å². The highest BCUT2D eigenvalue weighted by Gasteiger charge is 2.43. The van der Waals surface area contributed by atoms with E-state index in [1.54, 1.807) is 0 Å². The van der Waals surface area contributed by atoms with Crippen molar-refractivity contribution < 1.29 is 23.9 Å². The Morgan fingerprint density at radius 3 is 2.87 bits per heavy atom. The first-order chi connectivity index (χ1) is 7.11. The molecule has 0 radical (unpaired) electrons. The molecule has 2 aliphatic rings. The van der Waals surface area contributed by atoms with Gasteiger partial charge in [-0.3, -0.25) is 14.5 Å². The van der Waals surface area contributed by atoms with Crippen LogP contribution in [-0.4, -0.2) is 42.4 Å². The number of ether oxygens (including phenoxy) is 2. The molecule has 0 aromatic heterocycles. The van der Waals surface area contributed by atoms with Crippen molar-refractivity contribution in [2.45, 2.75) is 12.6 Å². The summed E-state index contributed by atoms with van der Waals surface area (Å²) in [5.74, 6) is -1.38. The predicted molar refractivity (Wildman–Crippen MR) is 46.3 cm³/mol. The third kappa shape index (κ3) is 1.58. The second-order valence-corrected chi connectivity index (χ2v) is 3.26. The Balaban J connectivity index is 2.01. The molecule has 2 rings (SSSR count). The maximum absolute atomic E-state index is 11.1. The molecule has 1 atom stereocenters. The molecule has 2 saturated heterocycles. The SMILES string of the molecule is COC(=O)C(=O)C=C1CN2C(=O)CC2O1. The molecular weight excluding hydrogens is 202 g/mol. The summed E-state index contributed by atoms with van der Waals surface area (Å²) in [6.45, 7) is 0.256. The van der Waals surface area contributed by atoms with Gasteiger partial charge in [-0.15, -0.1) is 0 Å². The smallest absolute Gasteiger partial charge is 0.378 e. The lowest BCUT2D eigenvalue weighted by molar-refractivity contribution is -0.154. The number of esters is 1. The second-order valence-electron chi connectivity index (χ2n) is 3.26. The minimum absolute atomic E-state index is 0.00563. The molecule has 15 heavy (non-hydrogen) atoms. The number of carbonyl (C=O) groups excluding carboxylic acids is 3. The van der Waals surface area contributed by atoms with Crippen LogP contribution in [0.4, 0.5) is 0 Å². The van der Waals surface area contributed by atoms with E-state index in [1.807, 2.05) is 0 Å². The first-order valence-electron chi connectivity index (χ1n) is 4.41. The molecule has 2 fully saturated rings. The van der Waals surface area contributed by atoms with Crippen molar-refractivity contribution in [2.75, 3.05) is 13.7 Å². The lowest BCUT2D eigenvalue weighted by atomic mass is 10.2. The minimum atomic E-state index is -0.938. The molecule has 6 heteroatoms. The number of hydrogen-bond acceptors (Lipinski definition) is 5. The molecule has 2 aliphatic heterocycles. The van der Waals surface area contributed by atoms with Gasteiger partial charge in [-0.05, 0) is 0 Å². The zero-order valence-corrected chi connectivity index (χ0v) is 8.06. The summed E-state index contributed by atoms with van der Waals surface area (Å²) >= 11 is 0. The first-order valence-corrected chi connectivity index (χ1v) is 4.41. The molecule has 0 aromatic carbocycles. The minimum Gasteiger partial charge on any atom is -0.472 e. The number of fused-ring (bicyclic) bond motifs is 1.